The number of rotatable bonds is 4. The highest BCUT2D eigenvalue weighted by Crippen LogP contribution is 2.67. The van der Waals surface area contributed by atoms with Gasteiger partial charge >= 0.3 is 18.1 Å². The molecule has 1 N–H and O–H groups in total. The number of ether oxygens (including phenoxy) is 1. The highest BCUT2D eigenvalue weighted by molar-refractivity contribution is 5.82. The van der Waals surface area contributed by atoms with Gasteiger partial charge in [-0.3, -0.25) is 9.59 Å². The average Bonchev–Trinajstić information content (AvgIpc) is 2.57. The molecule has 1 amide bonds. The first kappa shape index (κ1) is 20.2. The van der Waals surface area contributed by atoms with Crippen molar-refractivity contribution in [2.75, 3.05) is 0 Å². The van der Waals surface area contributed by atoms with E-state index in [2.05, 4.69) is 12.2 Å². The van der Waals surface area contributed by atoms with Crippen LogP contribution < -0.4 is 5.32 Å². The van der Waals surface area contributed by atoms with E-state index in [9.17, 15) is 22.8 Å². The summed E-state index contributed by atoms with van der Waals surface area (Å²) in [7, 11) is 0. The quantitative estimate of drug-likeness (QED) is 0.742. The molecule has 0 aliphatic heterocycles. The van der Waals surface area contributed by atoms with Crippen LogP contribution in [0.25, 0.3) is 0 Å². The number of alkyl halides is 3. The summed E-state index contributed by atoms with van der Waals surface area (Å²) < 4.78 is 45.3. The fraction of sp³-hybridized carbons (Fsp3) is 0.636. The zero-order chi connectivity index (χ0) is 21.0. The van der Waals surface area contributed by atoms with Crippen LogP contribution in [0, 0.1) is 23.2 Å². The van der Waals surface area contributed by atoms with Crippen LogP contribution in [0.15, 0.2) is 30.3 Å². The zero-order valence-electron chi connectivity index (χ0n) is 16.6. The Labute approximate surface area is 168 Å². The van der Waals surface area contributed by atoms with Crippen LogP contribution in [-0.4, -0.2) is 23.7 Å². The van der Waals surface area contributed by atoms with Gasteiger partial charge in [-0.25, -0.2) is 0 Å². The molecular formula is C22H26F3NO3. The van der Waals surface area contributed by atoms with Crippen LogP contribution >= 0.6 is 0 Å². The van der Waals surface area contributed by atoms with E-state index < -0.39 is 29.7 Å². The van der Waals surface area contributed by atoms with Crippen LogP contribution in [-0.2, 0) is 14.3 Å². The van der Waals surface area contributed by atoms with Crippen LogP contribution in [0.5, 0.6) is 0 Å². The van der Waals surface area contributed by atoms with E-state index in [1.54, 1.807) is 30.3 Å². The standard InChI is InChI=1S/C22H26F3NO3/c1-13(27)29-21-10-14-8-16(11-20(2,9-14)12-21)17(21)18(15-6-4-3-5-7-15)26-19(28)22(23,24)25/h3-7,14,16-18H,8-12H2,1-2H3,(H,26,28)/t14-,16?,17+,18-,20+,21-/m0/s1. The fourth-order valence-electron chi connectivity index (χ4n) is 6.82. The van der Waals surface area contributed by atoms with Gasteiger partial charge in [0.2, 0.25) is 0 Å². The molecule has 4 bridgehead atoms. The van der Waals surface area contributed by atoms with Crippen molar-refractivity contribution in [1.29, 1.82) is 0 Å². The molecule has 158 valence electrons. The molecule has 0 heterocycles. The second-order valence-corrected chi connectivity index (χ2v) is 9.51. The third-order valence-corrected chi connectivity index (χ3v) is 7.06. The van der Waals surface area contributed by atoms with Gasteiger partial charge < -0.3 is 10.1 Å². The molecule has 5 rings (SSSR count). The van der Waals surface area contributed by atoms with Gasteiger partial charge in [-0.1, -0.05) is 37.3 Å². The molecular weight excluding hydrogens is 383 g/mol. The van der Waals surface area contributed by atoms with Crippen molar-refractivity contribution in [1.82, 2.24) is 5.32 Å². The summed E-state index contributed by atoms with van der Waals surface area (Å²) in [6.07, 6.45) is -0.863. The Morgan fingerprint density at radius 1 is 1.17 bits per heavy atom. The van der Waals surface area contributed by atoms with Gasteiger partial charge in [-0.15, -0.1) is 0 Å². The summed E-state index contributed by atoms with van der Waals surface area (Å²) in [6.45, 7) is 3.54. The van der Waals surface area contributed by atoms with Gasteiger partial charge in [0.25, 0.3) is 0 Å². The molecule has 7 heteroatoms. The van der Waals surface area contributed by atoms with Crippen molar-refractivity contribution >= 4 is 11.9 Å². The van der Waals surface area contributed by atoms with Gasteiger partial charge in [0.1, 0.15) is 5.60 Å². The molecule has 4 nitrogen and oxygen atoms in total. The van der Waals surface area contributed by atoms with Crippen molar-refractivity contribution in [2.24, 2.45) is 23.2 Å². The highest BCUT2D eigenvalue weighted by Gasteiger charge is 2.65. The number of benzene rings is 1. The van der Waals surface area contributed by atoms with E-state index in [0.29, 0.717) is 24.3 Å². The molecule has 0 aromatic heterocycles. The predicted octanol–water partition coefficient (Wildman–Crippen LogP) is 4.55. The van der Waals surface area contributed by atoms with Crippen LogP contribution in [0.3, 0.4) is 0 Å². The Balaban J connectivity index is 1.78. The molecule has 1 aromatic carbocycles. The van der Waals surface area contributed by atoms with Gasteiger partial charge in [0.05, 0.1) is 6.04 Å². The molecule has 4 saturated carbocycles. The fourth-order valence-corrected chi connectivity index (χ4v) is 6.82. The summed E-state index contributed by atoms with van der Waals surface area (Å²) >= 11 is 0. The molecule has 6 atom stereocenters. The normalized spacial score (nSPS) is 36.5. The summed E-state index contributed by atoms with van der Waals surface area (Å²) in [4.78, 5) is 24.0. The highest BCUT2D eigenvalue weighted by atomic mass is 19.4. The van der Waals surface area contributed by atoms with E-state index >= 15 is 0 Å². The van der Waals surface area contributed by atoms with Gasteiger partial charge in [0.15, 0.2) is 0 Å². The first-order valence-corrected chi connectivity index (χ1v) is 10.1. The Morgan fingerprint density at radius 2 is 1.86 bits per heavy atom. The van der Waals surface area contributed by atoms with Crippen LogP contribution in [0.2, 0.25) is 0 Å². The molecule has 1 unspecified atom stereocenters. The van der Waals surface area contributed by atoms with Crippen molar-refractivity contribution in [3.63, 3.8) is 0 Å². The summed E-state index contributed by atoms with van der Waals surface area (Å²) in [5.41, 5.74) is -0.212. The van der Waals surface area contributed by atoms with Crippen molar-refractivity contribution in [3.05, 3.63) is 35.9 Å². The molecule has 4 aliphatic rings. The van der Waals surface area contributed by atoms with Crippen LogP contribution in [0.4, 0.5) is 13.2 Å². The minimum absolute atomic E-state index is 0.0209. The average molecular weight is 409 g/mol. The van der Waals surface area contributed by atoms with E-state index in [1.165, 1.54) is 6.92 Å². The molecule has 4 fully saturated rings. The second-order valence-electron chi connectivity index (χ2n) is 9.51. The smallest absolute Gasteiger partial charge is 0.459 e. The summed E-state index contributed by atoms with van der Waals surface area (Å²) in [5, 5.41) is 2.26. The van der Waals surface area contributed by atoms with Crippen molar-refractivity contribution in [3.8, 4) is 0 Å². The number of carbonyl (C=O) groups is 2. The SMILES string of the molecule is CC(=O)O[C@@]12C[C@H]3CC(C[C@@](C)(C3)C1)[C@@H]2[C@@H](NC(=O)C(F)(F)F)c1ccccc1. The summed E-state index contributed by atoms with van der Waals surface area (Å²) in [6, 6.07) is 7.88. The third kappa shape index (κ3) is 3.64. The number of halogens is 3. The number of hydrogen-bond acceptors (Lipinski definition) is 3. The lowest BCUT2D eigenvalue weighted by atomic mass is 9.43. The Morgan fingerprint density at radius 3 is 2.45 bits per heavy atom. The minimum Gasteiger partial charge on any atom is -0.459 e. The topological polar surface area (TPSA) is 55.4 Å². The number of hydrogen-bond donors (Lipinski definition) is 1. The van der Waals surface area contributed by atoms with Gasteiger partial charge in [-0.2, -0.15) is 13.2 Å². The lowest BCUT2D eigenvalue weighted by molar-refractivity contribution is -0.230. The Kier molecular flexibility index (Phi) is 4.70. The minimum atomic E-state index is -4.97. The Bertz CT molecular complexity index is 811. The molecule has 1 aromatic rings. The van der Waals surface area contributed by atoms with Gasteiger partial charge in [-0.05, 0) is 54.9 Å². The number of nitrogens with one attached hydrogen (secondary N) is 1. The van der Waals surface area contributed by atoms with Gasteiger partial charge in [0, 0.05) is 12.8 Å². The number of carbonyl (C=O) groups excluding carboxylic acids is 2. The molecule has 4 aliphatic carbocycles. The zero-order valence-corrected chi connectivity index (χ0v) is 16.6. The maximum absolute atomic E-state index is 13.1. The molecule has 0 saturated heterocycles. The maximum atomic E-state index is 13.1. The molecule has 29 heavy (non-hydrogen) atoms. The van der Waals surface area contributed by atoms with E-state index in [4.69, 9.17) is 4.74 Å². The van der Waals surface area contributed by atoms with Crippen LogP contribution in [0.1, 0.15) is 57.6 Å². The first-order valence-electron chi connectivity index (χ1n) is 10.1. The Hall–Kier alpha value is -2.05. The molecule has 0 radical (unpaired) electrons. The summed E-state index contributed by atoms with van der Waals surface area (Å²) in [5.74, 6) is -2.26. The first-order chi connectivity index (χ1) is 13.5. The van der Waals surface area contributed by atoms with E-state index in [-0.39, 0.29) is 17.3 Å². The van der Waals surface area contributed by atoms with Crippen molar-refractivity contribution < 1.29 is 27.5 Å². The monoisotopic (exact) mass is 409 g/mol. The van der Waals surface area contributed by atoms with Crippen molar-refractivity contribution in [2.45, 2.75) is 63.8 Å². The van der Waals surface area contributed by atoms with E-state index in [0.717, 1.165) is 19.3 Å². The lowest BCUT2D eigenvalue weighted by Crippen LogP contribution is -2.65. The number of esters is 1. The third-order valence-electron chi connectivity index (χ3n) is 7.06. The largest absolute Gasteiger partial charge is 0.471 e. The predicted molar refractivity (Wildman–Crippen MR) is 99.5 cm³/mol. The maximum Gasteiger partial charge on any atom is 0.471 e. The molecule has 0 spiro atoms. The second kappa shape index (κ2) is 6.74. The lowest BCUT2D eigenvalue weighted by Gasteiger charge is -2.65. The van der Waals surface area contributed by atoms with E-state index in [1.807, 2.05) is 0 Å². The number of amides is 1.